The van der Waals surface area contributed by atoms with Gasteiger partial charge < -0.3 is 15.4 Å². The Bertz CT molecular complexity index is 327. The molecule has 0 aliphatic carbocycles. The minimum absolute atomic E-state index is 0.400. The Labute approximate surface area is 117 Å². The second kappa shape index (κ2) is 9.08. The minimum Gasteiger partial charge on any atom is -0.383 e. The number of hydrogen-bond acceptors (Lipinski definition) is 3. The van der Waals surface area contributed by atoms with Gasteiger partial charge in [-0.2, -0.15) is 0 Å². The zero-order valence-electron chi connectivity index (χ0n) is 12.5. The summed E-state index contributed by atoms with van der Waals surface area (Å²) in [7, 11) is 1.76. The van der Waals surface area contributed by atoms with Gasteiger partial charge in [0.1, 0.15) is 0 Å². The molecular formula is C16H28N2O. The molecule has 0 spiro atoms. The molecule has 0 aromatic heterocycles. The quantitative estimate of drug-likeness (QED) is 0.744. The monoisotopic (exact) mass is 264 g/mol. The van der Waals surface area contributed by atoms with E-state index < -0.39 is 0 Å². The molecule has 1 rings (SSSR count). The van der Waals surface area contributed by atoms with Gasteiger partial charge in [-0.15, -0.1) is 0 Å². The Kier molecular flexibility index (Phi) is 7.72. The summed E-state index contributed by atoms with van der Waals surface area (Å²) >= 11 is 0. The van der Waals surface area contributed by atoms with Crippen molar-refractivity contribution in [1.82, 2.24) is 4.90 Å². The molecule has 0 radical (unpaired) electrons. The van der Waals surface area contributed by atoms with Crippen LogP contribution >= 0.6 is 0 Å². The van der Waals surface area contributed by atoms with E-state index in [1.54, 1.807) is 7.11 Å². The highest BCUT2D eigenvalue weighted by molar-refractivity contribution is 5.20. The van der Waals surface area contributed by atoms with Crippen LogP contribution in [0.3, 0.4) is 0 Å². The molecule has 0 aliphatic heterocycles. The molecule has 3 heteroatoms. The lowest BCUT2D eigenvalue weighted by Gasteiger charge is -2.28. The first-order valence-electron chi connectivity index (χ1n) is 7.13. The number of benzene rings is 1. The summed E-state index contributed by atoms with van der Waals surface area (Å²) in [5.74, 6) is 1.06. The van der Waals surface area contributed by atoms with E-state index >= 15 is 0 Å². The van der Waals surface area contributed by atoms with Gasteiger partial charge in [0.25, 0.3) is 0 Å². The second-order valence-corrected chi connectivity index (χ2v) is 5.49. The molecule has 0 heterocycles. The third kappa shape index (κ3) is 6.19. The van der Waals surface area contributed by atoms with Gasteiger partial charge in [-0.05, 0) is 11.5 Å². The van der Waals surface area contributed by atoms with E-state index in [2.05, 4.69) is 43.0 Å². The van der Waals surface area contributed by atoms with Crippen molar-refractivity contribution >= 4 is 0 Å². The zero-order valence-corrected chi connectivity index (χ0v) is 12.5. The summed E-state index contributed by atoms with van der Waals surface area (Å²) in [6.45, 7) is 9.02. The molecule has 0 saturated carbocycles. The van der Waals surface area contributed by atoms with Gasteiger partial charge in [0.15, 0.2) is 0 Å². The molecule has 1 aromatic rings. The van der Waals surface area contributed by atoms with Crippen LogP contribution in [0.15, 0.2) is 30.3 Å². The predicted molar refractivity (Wildman–Crippen MR) is 81.4 cm³/mol. The van der Waals surface area contributed by atoms with Gasteiger partial charge in [-0.3, -0.25) is 0 Å². The van der Waals surface area contributed by atoms with Crippen molar-refractivity contribution in [3.8, 4) is 0 Å². The van der Waals surface area contributed by atoms with Crippen LogP contribution in [-0.2, 0) is 4.74 Å². The van der Waals surface area contributed by atoms with Crippen molar-refractivity contribution in [3.63, 3.8) is 0 Å². The van der Waals surface area contributed by atoms with Crippen LogP contribution in [0.4, 0.5) is 0 Å². The average Bonchev–Trinajstić information content (AvgIpc) is 2.42. The van der Waals surface area contributed by atoms with Crippen LogP contribution in [0, 0.1) is 5.92 Å². The highest BCUT2D eigenvalue weighted by Crippen LogP contribution is 2.16. The van der Waals surface area contributed by atoms with Gasteiger partial charge in [-0.25, -0.2) is 0 Å². The smallest absolute Gasteiger partial charge is 0.0589 e. The lowest BCUT2D eigenvalue weighted by Crippen LogP contribution is -2.36. The molecule has 0 amide bonds. The van der Waals surface area contributed by atoms with Crippen LogP contribution < -0.4 is 5.73 Å². The molecule has 19 heavy (non-hydrogen) atoms. The standard InChI is InChI=1S/C16H28N2O/c1-14(2)12-18(9-10-19-3)13-16(11-17)15-7-5-4-6-8-15/h4-8,14,16H,9-13,17H2,1-3H3. The van der Waals surface area contributed by atoms with Crippen LogP contribution in [0.2, 0.25) is 0 Å². The van der Waals surface area contributed by atoms with E-state index in [-0.39, 0.29) is 0 Å². The van der Waals surface area contributed by atoms with E-state index in [0.717, 1.165) is 26.2 Å². The van der Waals surface area contributed by atoms with Crippen molar-refractivity contribution in [2.24, 2.45) is 11.7 Å². The van der Waals surface area contributed by atoms with Crippen LogP contribution in [0.25, 0.3) is 0 Å². The van der Waals surface area contributed by atoms with Crippen molar-refractivity contribution in [3.05, 3.63) is 35.9 Å². The van der Waals surface area contributed by atoms with Crippen molar-refractivity contribution in [1.29, 1.82) is 0 Å². The summed E-state index contributed by atoms with van der Waals surface area (Å²) < 4.78 is 5.20. The summed E-state index contributed by atoms with van der Waals surface area (Å²) in [6, 6.07) is 10.6. The summed E-state index contributed by atoms with van der Waals surface area (Å²) in [6.07, 6.45) is 0. The maximum Gasteiger partial charge on any atom is 0.0589 e. The summed E-state index contributed by atoms with van der Waals surface area (Å²) in [5.41, 5.74) is 7.28. The highest BCUT2D eigenvalue weighted by Gasteiger charge is 2.15. The number of ether oxygens (including phenoxy) is 1. The molecule has 0 aliphatic rings. The fourth-order valence-electron chi connectivity index (χ4n) is 2.35. The Morgan fingerprint density at radius 1 is 1.16 bits per heavy atom. The average molecular weight is 264 g/mol. The molecule has 108 valence electrons. The van der Waals surface area contributed by atoms with Gasteiger partial charge in [0.05, 0.1) is 6.61 Å². The zero-order chi connectivity index (χ0) is 14.1. The van der Waals surface area contributed by atoms with Crippen LogP contribution in [-0.4, -0.2) is 44.8 Å². The van der Waals surface area contributed by atoms with Crippen molar-refractivity contribution in [2.45, 2.75) is 19.8 Å². The third-order valence-corrected chi connectivity index (χ3v) is 3.27. The Balaban J connectivity index is 2.63. The maximum absolute atomic E-state index is 5.95. The number of rotatable bonds is 9. The minimum atomic E-state index is 0.400. The van der Waals surface area contributed by atoms with Crippen LogP contribution in [0.5, 0.6) is 0 Å². The SMILES string of the molecule is COCCN(CC(C)C)CC(CN)c1ccccc1. The van der Waals surface area contributed by atoms with Gasteiger partial charge in [-0.1, -0.05) is 44.2 Å². The Hall–Kier alpha value is -0.900. The molecular weight excluding hydrogens is 236 g/mol. The van der Waals surface area contributed by atoms with E-state index in [4.69, 9.17) is 10.5 Å². The lowest BCUT2D eigenvalue weighted by molar-refractivity contribution is 0.136. The van der Waals surface area contributed by atoms with E-state index in [1.807, 2.05) is 6.07 Å². The Morgan fingerprint density at radius 2 is 1.84 bits per heavy atom. The van der Waals surface area contributed by atoms with Gasteiger partial charge >= 0.3 is 0 Å². The van der Waals surface area contributed by atoms with Gasteiger partial charge in [0.2, 0.25) is 0 Å². The number of methoxy groups -OCH3 is 1. The first-order chi connectivity index (χ1) is 9.17. The first-order valence-corrected chi connectivity index (χ1v) is 7.13. The molecule has 1 unspecified atom stereocenters. The topological polar surface area (TPSA) is 38.5 Å². The Morgan fingerprint density at radius 3 is 2.37 bits per heavy atom. The fourth-order valence-corrected chi connectivity index (χ4v) is 2.35. The second-order valence-electron chi connectivity index (χ2n) is 5.49. The molecule has 3 nitrogen and oxygen atoms in total. The molecule has 1 aromatic carbocycles. The normalized spacial score (nSPS) is 13.2. The largest absolute Gasteiger partial charge is 0.383 e. The number of hydrogen-bond donors (Lipinski definition) is 1. The first kappa shape index (κ1) is 16.2. The van der Waals surface area contributed by atoms with E-state index in [1.165, 1.54) is 5.56 Å². The fraction of sp³-hybridized carbons (Fsp3) is 0.625. The predicted octanol–water partition coefficient (Wildman–Crippen LogP) is 2.33. The van der Waals surface area contributed by atoms with E-state index in [9.17, 15) is 0 Å². The van der Waals surface area contributed by atoms with Gasteiger partial charge in [0, 0.05) is 39.2 Å². The van der Waals surface area contributed by atoms with E-state index in [0.29, 0.717) is 18.4 Å². The van der Waals surface area contributed by atoms with Crippen molar-refractivity contribution < 1.29 is 4.74 Å². The molecule has 0 bridgehead atoms. The number of nitrogens with two attached hydrogens (primary N) is 1. The van der Waals surface area contributed by atoms with Crippen LogP contribution in [0.1, 0.15) is 25.3 Å². The highest BCUT2D eigenvalue weighted by atomic mass is 16.5. The molecule has 2 N–H and O–H groups in total. The molecule has 0 fully saturated rings. The molecule has 0 saturated heterocycles. The lowest BCUT2D eigenvalue weighted by atomic mass is 9.98. The maximum atomic E-state index is 5.95. The summed E-state index contributed by atoms with van der Waals surface area (Å²) in [4.78, 5) is 2.46. The molecule has 1 atom stereocenters. The summed E-state index contributed by atoms with van der Waals surface area (Å²) in [5, 5.41) is 0. The number of nitrogens with zero attached hydrogens (tertiary/aromatic N) is 1. The third-order valence-electron chi connectivity index (χ3n) is 3.27. The van der Waals surface area contributed by atoms with Crippen molar-refractivity contribution in [2.75, 3.05) is 39.9 Å².